The summed E-state index contributed by atoms with van der Waals surface area (Å²) in [5.41, 5.74) is 2.59. The molecule has 0 aliphatic carbocycles. The highest BCUT2D eigenvalue weighted by molar-refractivity contribution is 5.98. The van der Waals surface area contributed by atoms with Crippen molar-refractivity contribution in [1.82, 2.24) is 9.88 Å². The summed E-state index contributed by atoms with van der Waals surface area (Å²) in [5, 5.41) is 0.968. The van der Waals surface area contributed by atoms with Crippen molar-refractivity contribution in [3.8, 4) is 0 Å². The maximum Gasteiger partial charge on any atom is 0.270 e. The molecule has 5 heteroatoms. The first-order valence-electron chi connectivity index (χ1n) is 7.65. The zero-order valence-electron chi connectivity index (χ0n) is 12.8. The molecular weight excluding hydrogens is 286 g/mol. The Bertz CT molecular complexity index is 696. The number of hydrogen-bond acceptors (Lipinski definition) is 1. The molecule has 1 aliphatic heterocycles. The number of carbonyl (C=O) groups is 1. The number of alkyl halides is 2. The van der Waals surface area contributed by atoms with Crippen molar-refractivity contribution in [3.05, 3.63) is 35.5 Å². The number of H-pyrrole nitrogens is 1. The Kier molecular flexibility index (Phi) is 3.67. The number of hydrogen-bond donors (Lipinski definition) is 1. The molecule has 3 nitrogen and oxygen atoms in total. The van der Waals surface area contributed by atoms with Crippen LogP contribution in [0.3, 0.4) is 0 Å². The number of aromatic amines is 1. The summed E-state index contributed by atoms with van der Waals surface area (Å²) in [5.74, 6) is -2.42. The first-order chi connectivity index (χ1) is 10.4. The molecule has 22 heavy (non-hydrogen) atoms. The van der Waals surface area contributed by atoms with Crippen LogP contribution < -0.4 is 0 Å². The molecule has 1 saturated heterocycles. The molecule has 1 aromatic heterocycles. The van der Waals surface area contributed by atoms with Crippen LogP contribution in [-0.4, -0.2) is 34.8 Å². The SMILES string of the molecule is CC(C)c1ccc2cc(C(=O)N3CCC(F)(F)CC3)[nH]c2c1. The zero-order chi connectivity index (χ0) is 15.9. The number of nitrogens with zero attached hydrogens (tertiary/aromatic N) is 1. The molecule has 0 saturated carbocycles. The quantitative estimate of drug-likeness (QED) is 0.888. The van der Waals surface area contributed by atoms with Crippen LogP contribution in [0.25, 0.3) is 10.9 Å². The monoisotopic (exact) mass is 306 g/mol. The van der Waals surface area contributed by atoms with Crippen LogP contribution in [0.1, 0.15) is 48.7 Å². The molecular formula is C17H20F2N2O. The van der Waals surface area contributed by atoms with Gasteiger partial charge in [-0.2, -0.15) is 0 Å². The number of aromatic nitrogens is 1. The van der Waals surface area contributed by atoms with Gasteiger partial charge in [0.2, 0.25) is 0 Å². The Morgan fingerprint density at radius 1 is 1.23 bits per heavy atom. The number of fused-ring (bicyclic) bond motifs is 1. The molecule has 1 aromatic carbocycles. The van der Waals surface area contributed by atoms with Crippen LogP contribution in [0.2, 0.25) is 0 Å². The predicted octanol–water partition coefficient (Wildman–Crippen LogP) is 4.16. The lowest BCUT2D eigenvalue weighted by molar-refractivity contribution is -0.0495. The lowest BCUT2D eigenvalue weighted by Crippen LogP contribution is -2.42. The minimum atomic E-state index is -2.64. The number of amides is 1. The Morgan fingerprint density at radius 3 is 2.55 bits per heavy atom. The number of piperidine rings is 1. The number of carbonyl (C=O) groups excluding carboxylic acids is 1. The van der Waals surface area contributed by atoms with Gasteiger partial charge < -0.3 is 9.88 Å². The lowest BCUT2D eigenvalue weighted by Gasteiger charge is -2.31. The molecule has 1 N–H and O–H groups in total. The zero-order valence-corrected chi connectivity index (χ0v) is 12.8. The maximum atomic E-state index is 13.2. The highest BCUT2D eigenvalue weighted by Gasteiger charge is 2.36. The molecule has 0 bridgehead atoms. The van der Waals surface area contributed by atoms with Crippen LogP contribution in [-0.2, 0) is 0 Å². The van der Waals surface area contributed by atoms with E-state index in [1.165, 1.54) is 10.5 Å². The summed E-state index contributed by atoms with van der Waals surface area (Å²) in [7, 11) is 0. The number of rotatable bonds is 2. The van der Waals surface area contributed by atoms with E-state index in [-0.39, 0.29) is 31.8 Å². The Hall–Kier alpha value is -1.91. The summed E-state index contributed by atoms with van der Waals surface area (Å²) < 4.78 is 26.4. The van der Waals surface area contributed by atoms with E-state index < -0.39 is 5.92 Å². The summed E-state index contributed by atoms with van der Waals surface area (Å²) in [6, 6.07) is 7.88. The van der Waals surface area contributed by atoms with Gasteiger partial charge in [-0.25, -0.2) is 8.78 Å². The second kappa shape index (κ2) is 5.38. The Morgan fingerprint density at radius 2 is 1.91 bits per heavy atom. The molecule has 0 spiro atoms. The van der Waals surface area contributed by atoms with Gasteiger partial charge in [0.25, 0.3) is 11.8 Å². The first-order valence-corrected chi connectivity index (χ1v) is 7.65. The smallest absolute Gasteiger partial charge is 0.270 e. The third-order valence-electron chi connectivity index (χ3n) is 4.33. The molecule has 1 amide bonds. The van der Waals surface area contributed by atoms with Crippen molar-refractivity contribution in [1.29, 1.82) is 0 Å². The van der Waals surface area contributed by atoms with Crippen molar-refractivity contribution >= 4 is 16.8 Å². The van der Waals surface area contributed by atoms with Crippen LogP contribution in [0, 0.1) is 0 Å². The Labute approximate surface area is 128 Å². The first kappa shape index (κ1) is 15.0. The van der Waals surface area contributed by atoms with E-state index in [4.69, 9.17) is 0 Å². The van der Waals surface area contributed by atoms with E-state index >= 15 is 0 Å². The van der Waals surface area contributed by atoms with Gasteiger partial charge in [0.1, 0.15) is 5.69 Å². The van der Waals surface area contributed by atoms with Gasteiger partial charge in [-0.15, -0.1) is 0 Å². The molecule has 0 radical (unpaired) electrons. The van der Waals surface area contributed by atoms with E-state index in [0.29, 0.717) is 11.6 Å². The van der Waals surface area contributed by atoms with Crippen LogP contribution >= 0.6 is 0 Å². The minimum Gasteiger partial charge on any atom is -0.351 e. The number of benzene rings is 1. The molecule has 0 atom stereocenters. The van der Waals surface area contributed by atoms with Gasteiger partial charge in [-0.3, -0.25) is 4.79 Å². The van der Waals surface area contributed by atoms with Gasteiger partial charge in [-0.05, 0) is 23.6 Å². The fourth-order valence-corrected chi connectivity index (χ4v) is 2.83. The lowest BCUT2D eigenvalue weighted by atomic mass is 10.0. The predicted molar refractivity (Wildman–Crippen MR) is 82.5 cm³/mol. The Balaban J connectivity index is 1.82. The van der Waals surface area contributed by atoms with Gasteiger partial charge in [0.15, 0.2) is 0 Å². The van der Waals surface area contributed by atoms with E-state index in [1.807, 2.05) is 12.1 Å². The van der Waals surface area contributed by atoms with Crippen molar-refractivity contribution in [3.63, 3.8) is 0 Å². The third-order valence-corrected chi connectivity index (χ3v) is 4.33. The highest BCUT2D eigenvalue weighted by atomic mass is 19.3. The van der Waals surface area contributed by atoms with Crippen LogP contribution in [0.4, 0.5) is 8.78 Å². The van der Waals surface area contributed by atoms with Crippen LogP contribution in [0.15, 0.2) is 24.3 Å². The molecule has 1 aliphatic rings. The summed E-state index contributed by atoms with van der Waals surface area (Å²) in [6.45, 7) is 4.45. The standard InChI is InChI=1S/C17H20F2N2O/c1-11(2)12-3-4-13-10-15(20-14(13)9-12)16(22)21-7-5-17(18,19)6-8-21/h3-4,9-11,20H,5-8H2,1-2H3. The molecule has 0 unspecified atom stereocenters. The average molecular weight is 306 g/mol. The topological polar surface area (TPSA) is 36.1 Å². The molecule has 2 heterocycles. The van der Waals surface area contributed by atoms with Gasteiger partial charge in [-0.1, -0.05) is 26.0 Å². The maximum absolute atomic E-state index is 13.2. The van der Waals surface area contributed by atoms with E-state index in [2.05, 4.69) is 24.9 Å². The number of halogens is 2. The number of nitrogens with one attached hydrogen (secondary N) is 1. The van der Waals surface area contributed by atoms with Crippen molar-refractivity contribution < 1.29 is 13.6 Å². The van der Waals surface area contributed by atoms with Gasteiger partial charge >= 0.3 is 0 Å². The normalized spacial score (nSPS) is 18.1. The number of likely N-dealkylation sites (tertiary alicyclic amines) is 1. The minimum absolute atomic E-state index is 0.110. The average Bonchev–Trinajstić information content (AvgIpc) is 2.89. The van der Waals surface area contributed by atoms with Crippen LogP contribution in [0.5, 0.6) is 0 Å². The third kappa shape index (κ3) is 2.85. The largest absolute Gasteiger partial charge is 0.351 e. The fraction of sp³-hybridized carbons (Fsp3) is 0.471. The van der Waals surface area contributed by atoms with E-state index in [9.17, 15) is 13.6 Å². The van der Waals surface area contributed by atoms with Crippen molar-refractivity contribution in [2.75, 3.05) is 13.1 Å². The van der Waals surface area contributed by atoms with E-state index in [0.717, 1.165) is 10.9 Å². The van der Waals surface area contributed by atoms with E-state index in [1.54, 1.807) is 6.07 Å². The van der Waals surface area contributed by atoms with Gasteiger partial charge in [0.05, 0.1) is 0 Å². The molecule has 3 rings (SSSR count). The highest BCUT2D eigenvalue weighted by Crippen LogP contribution is 2.29. The second-order valence-electron chi connectivity index (χ2n) is 6.33. The fourth-order valence-electron chi connectivity index (χ4n) is 2.83. The van der Waals surface area contributed by atoms with Crippen molar-refractivity contribution in [2.24, 2.45) is 0 Å². The van der Waals surface area contributed by atoms with Crippen molar-refractivity contribution in [2.45, 2.75) is 38.5 Å². The molecule has 118 valence electrons. The van der Waals surface area contributed by atoms with Gasteiger partial charge in [0, 0.05) is 36.8 Å². The summed E-state index contributed by atoms with van der Waals surface area (Å²) >= 11 is 0. The molecule has 1 fully saturated rings. The summed E-state index contributed by atoms with van der Waals surface area (Å²) in [6.07, 6.45) is -0.507. The second-order valence-corrected chi connectivity index (χ2v) is 6.33. The summed E-state index contributed by atoms with van der Waals surface area (Å²) in [4.78, 5) is 17.1. The molecule has 2 aromatic rings.